The number of nitrogens with zero attached hydrogens (tertiary/aromatic N) is 1. The molecule has 1 aromatic rings. The van der Waals surface area contributed by atoms with Gasteiger partial charge in [0, 0.05) is 12.1 Å². The fourth-order valence-corrected chi connectivity index (χ4v) is 1.38. The van der Waals surface area contributed by atoms with Crippen molar-refractivity contribution in [1.82, 2.24) is 5.06 Å². The Morgan fingerprint density at radius 3 is 2.20 bits per heavy atom. The molecule has 0 atom stereocenters. The topological polar surface area (TPSA) is 12.5 Å². The molecule has 0 aliphatic carbocycles. The van der Waals surface area contributed by atoms with Crippen molar-refractivity contribution < 1.29 is 4.84 Å². The van der Waals surface area contributed by atoms with E-state index in [0.717, 1.165) is 6.54 Å². The van der Waals surface area contributed by atoms with Crippen LogP contribution in [0.3, 0.4) is 0 Å². The zero-order valence-corrected chi connectivity index (χ0v) is 10.2. The Kier molecular flexibility index (Phi) is 4.30. The molecule has 0 aliphatic heterocycles. The SMILES string of the molecule is CCON(Cc1ccccc1)C(C)(C)C. The van der Waals surface area contributed by atoms with E-state index < -0.39 is 0 Å². The third-order valence-corrected chi connectivity index (χ3v) is 2.20. The van der Waals surface area contributed by atoms with Gasteiger partial charge in [0.05, 0.1) is 6.61 Å². The van der Waals surface area contributed by atoms with Gasteiger partial charge in [0.15, 0.2) is 0 Å². The summed E-state index contributed by atoms with van der Waals surface area (Å²) in [5.41, 5.74) is 1.31. The van der Waals surface area contributed by atoms with Gasteiger partial charge in [-0.25, -0.2) is 0 Å². The van der Waals surface area contributed by atoms with E-state index in [1.54, 1.807) is 0 Å². The maximum absolute atomic E-state index is 5.64. The highest BCUT2D eigenvalue weighted by Gasteiger charge is 2.21. The maximum Gasteiger partial charge on any atom is 0.0657 e. The van der Waals surface area contributed by atoms with Gasteiger partial charge in [-0.2, -0.15) is 5.06 Å². The average molecular weight is 207 g/mol. The van der Waals surface area contributed by atoms with E-state index in [9.17, 15) is 0 Å². The van der Waals surface area contributed by atoms with Gasteiger partial charge in [-0.3, -0.25) is 4.84 Å². The summed E-state index contributed by atoms with van der Waals surface area (Å²) in [6.45, 7) is 10.0. The Hall–Kier alpha value is -0.860. The number of hydroxylamine groups is 2. The molecule has 0 spiro atoms. The van der Waals surface area contributed by atoms with E-state index >= 15 is 0 Å². The second-order valence-electron chi connectivity index (χ2n) is 4.61. The summed E-state index contributed by atoms with van der Waals surface area (Å²) in [5, 5.41) is 2.03. The van der Waals surface area contributed by atoms with Gasteiger partial charge in [-0.1, -0.05) is 30.3 Å². The standard InChI is InChI=1S/C13H21NO/c1-5-15-14(13(2,3)4)11-12-9-7-6-8-10-12/h6-10H,5,11H2,1-4H3. The first-order valence-corrected chi connectivity index (χ1v) is 5.48. The molecule has 0 amide bonds. The predicted octanol–water partition coefficient (Wildman–Crippen LogP) is 3.24. The van der Waals surface area contributed by atoms with E-state index in [-0.39, 0.29) is 5.54 Å². The lowest BCUT2D eigenvalue weighted by Gasteiger charge is -2.34. The van der Waals surface area contributed by atoms with Gasteiger partial charge in [-0.15, -0.1) is 0 Å². The lowest BCUT2D eigenvalue weighted by Crippen LogP contribution is -2.40. The number of benzene rings is 1. The third-order valence-electron chi connectivity index (χ3n) is 2.20. The van der Waals surface area contributed by atoms with Crippen LogP contribution < -0.4 is 0 Å². The van der Waals surface area contributed by atoms with Gasteiger partial charge in [0.25, 0.3) is 0 Å². The van der Waals surface area contributed by atoms with Crippen LogP contribution in [0.15, 0.2) is 30.3 Å². The number of hydrogen-bond acceptors (Lipinski definition) is 2. The van der Waals surface area contributed by atoms with Crippen LogP contribution >= 0.6 is 0 Å². The lowest BCUT2D eigenvalue weighted by molar-refractivity contribution is -0.213. The molecule has 0 saturated carbocycles. The van der Waals surface area contributed by atoms with Crippen LogP contribution in [0.1, 0.15) is 33.3 Å². The molecule has 0 unspecified atom stereocenters. The first-order valence-electron chi connectivity index (χ1n) is 5.48. The molecule has 2 heteroatoms. The van der Waals surface area contributed by atoms with Crippen molar-refractivity contribution in [1.29, 1.82) is 0 Å². The molecule has 2 nitrogen and oxygen atoms in total. The minimum absolute atomic E-state index is 0.0336. The molecule has 0 aromatic heterocycles. The van der Waals surface area contributed by atoms with Crippen molar-refractivity contribution in [3.8, 4) is 0 Å². The maximum atomic E-state index is 5.64. The van der Waals surface area contributed by atoms with Gasteiger partial charge in [0.2, 0.25) is 0 Å². The van der Waals surface area contributed by atoms with Crippen molar-refractivity contribution in [2.24, 2.45) is 0 Å². The van der Waals surface area contributed by atoms with Crippen LogP contribution in [-0.2, 0) is 11.4 Å². The Morgan fingerprint density at radius 1 is 1.13 bits per heavy atom. The highest BCUT2D eigenvalue weighted by molar-refractivity contribution is 5.14. The first kappa shape index (κ1) is 12.2. The second-order valence-corrected chi connectivity index (χ2v) is 4.61. The number of hydrogen-bond donors (Lipinski definition) is 0. The zero-order chi connectivity index (χ0) is 11.3. The summed E-state index contributed by atoms with van der Waals surface area (Å²) in [6, 6.07) is 10.4. The smallest absolute Gasteiger partial charge is 0.0657 e. The minimum atomic E-state index is 0.0336. The normalized spacial score (nSPS) is 12.1. The summed E-state index contributed by atoms with van der Waals surface area (Å²) in [5.74, 6) is 0. The van der Waals surface area contributed by atoms with E-state index in [0.29, 0.717) is 6.61 Å². The molecule has 84 valence electrons. The molecule has 0 saturated heterocycles. The van der Waals surface area contributed by atoms with Crippen molar-refractivity contribution in [2.45, 2.75) is 39.8 Å². The molecule has 15 heavy (non-hydrogen) atoms. The van der Waals surface area contributed by atoms with Crippen LogP contribution in [0.4, 0.5) is 0 Å². The molecule has 0 N–H and O–H groups in total. The van der Waals surface area contributed by atoms with Gasteiger partial charge >= 0.3 is 0 Å². The molecule has 0 aliphatic rings. The van der Waals surface area contributed by atoms with Crippen molar-refractivity contribution in [3.05, 3.63) is 35.9 Å². The highest BCUT2D eigenvalue weighted by Crippen LogP contribution is 2.17. The molecule has 0 radical (unpaired) electrons. The molecule has 0 fully saturated rings. The van der Waals surface area contributed by atoms with Crippen LogP contribution in [0.2, 0.25) is 0 Å². The molecule has 1 rings (SSSR count). The molecule has 1 aromatic carbocycles. The lowest BCUT2D eigenvalue weighted by atomic mass is 10.1. The largest absolute Gasteiger partial charge is 0.298 e. The van der Waals surface area contributed by atoms with Crippen molar-refractivity contribution in [2.75, 3.05) is 6.61 Å². The van der Waals surface area contributed by atoms with Gasteiger partial charge in [-0.05, 0) is 33.3 Å². The highest BCUT2D eigenvalue weighted by atomic mass is 16.7. The summed E-state index contributed by atoms with van der Waals surface area (Å²) in [4.78, 5) is 5.64. The van der Waals surface area contributed by atoms with Crippen LogP contribution in [0, 0.1) is 0 Å². The minimum Gasteiger partial charge on any atom is -0.298 e. The fourth-order valence-electron chi connectivity index (χ4n) is 1.38. The van der Waals surface area contributed by atoms with Gasteiger partial charge < -0.3 is 0 Å². The summed E-state index contributed by atoms with van der Waals surface area (Å²) < 4.78 is 0. The van der Waals surface area contributed by atoms with E-state index in [1.807, 2.05) is 18.1 Å². The summed E-state index contributed by atoms with van der Waals surface area (Å²) >= 11 is 0. The monoisotopic (exact) mass is 207 g/mol. The van der Waals surface area contributed by atoms with Crippen LogP contribution in [0.5, 0.6) is 0 Å². The predicted molar refractivity (Wildman–Crippen MR) is 63.4 cm³/mol. The summed E-state index contributed by atoms with van der Waals surface area (Å²) in [6.07, 6.45) is 0. The molecule has 0 heterocycles. The van der Waals surface area contributed by atoms with E-state index in [1.165, 1.54) is 5.56 Å². The van der Waals surface area contributed by atoms with Gasteiger partial charge in [0.1, 0.15) is 0 Å². The van der Waals surface area contributed by atoms with Crippen molar-refractivity contribution >= 4 is 0 Å². The quantitative estimate of drug-likeness (QED) is 0.703. The molecule has 0 bridgehead atoms. The van der Waals surface area contributed by atoms with E-state index in [2.05, 4.69) is 45.0 Å². The molecular formula is C13H21NO. The second kappa shape index (κ2) is 5.29. The van der Waals surface area contributed by atoms with Crippen LogP contribution in [-0.4, -0.2) is 17.2 Å². The Labute approximate surface area is 92.8 Å². The Balaban J connectivity index is 2.67. The third kappa shape index (κ3) is 4.02. The van der Waals surface area contributed by atoms with Crippen LogP contribution in [0.25, 0.3) is 0 Å². The first-order chi connectivity index (χ1) is 7.04. The Bertz CT molecular complexity index is 276. The van der Waals surface area contributed by atoms with E-state index in [4.69, 9.17) is 4.84 Å². The zero-order valence-electron chi connectivity index (χ0n) is 10.2. The average Bonchev–Trinajstić information content (AvgIpc) is 2.17. The molecular weight excluding hydrogens is 186 g/mol. The number of rotatable bonds is 4. The Morgan fingerprint density at radius 2 is 1.73 bits per heavy atom. The van der Waals surface area contributed by atoms with Crippen molar-refractivity contribution in [3.63, 3.8) is 0 Å². The fraction of sp³-hybridized carbons (Fsp3) is 0.538. The summed E-state index contributed by atoms with van der Waals surface area (Å²) in [7, 11) is 0.